The van der Waals surface area contributed by atoms with E-state index < -0.39 is 21.5 Å². The Bertz CT molecular complexity index is 662. The lowest BCUT2D eigenvalue weighted by atomic mass is 10.3. The number of amides is 2. The van der Waals surface area contributed by atoms with Gasteiger partial charge in [0.05, 0.1) is 10.2 Å². The zero-order chi connectivity index (χ0) is 13.3. The first kappa shape index (κ1) is 12.7. The molecule has 0 saturated carbocycles. The third kappa shape index (κ3) is 2.58. The standard InChI is InChI=1S/C9H9N3O4S2/c10-9(13)12-8(18(14,15)16)7-11-5-3-1-2-4-6(5)17-7/h1-4,8H,(H3,10,12,13)(H,14,15,16). The second kappa shape index (κ2) is 4.52. The molecule has 2 amide bonds. The molecule has 1 unspecified atom stereocenters. The van der Waals surface area contributed by atoms with E-state index in [1.54, 1.807) is 24.3 Å². The van der Waals surface area contributed by atoms with E-state index in [0.29, 0.717) is 5.52 Å². The Kier molecular flexibility index (Phi) is 3.20. The summed E-state index contributed by atoms with van der Waals surface area (Å²) in [6.45, 7) is 0. The van der Waals surface area contributed by atoms with Crippen LogP contribution in [0.5, 0.6) is 0 Å². The van der Waals surface area contributed by atoms with Crippen LogP contribution in [0.1, 0.15) is 10.4 Å². The number of nitrogens with one attached hydrogen (secondary N) is 1. The molecule has 9 heteroatoms. The topological polar surface area (TPSA) is 122 Å². The van der Waals surface area contributed by atoms with Crippen molar-refractivity contribution >= 4 is 37.7 Å². The van der Waals surface area contributed by atoms with Gasteiger partial charge in [0.2, 0.25) is 5.37 Å². The second-order valence-electron chi connectivity index (χ2n) is 3.42. The Morgan fingerprint density at radius 2 is 2.11 bits per heavy atom. The highest BCUT2D eigenvalue weighted by atomic mass is 32.2. The van der Waals surface area contributed by atoms with Crippen molar-refractivity contribution in [2.45, 2.75) is 5.37 Å². The van der Waals surface area contributed by atoms with Crippen LogP contribution in [0, 0.1) is 0 Å². The molecule has 1 aromatic carbocycles. The predicted molar refractivity (Wildman–Crippen MR) is 66.6 cm³/mol. The van der Waals surface area contributed by atoms with Crippen LogP contribution in [0.2, 0.25) is 0 Å². The molecule has 0 aliphatic heterocycles. The number of hydrogen-bond acceptors (Lipinski definition) is 5. The summed E-state index contributed by atoms with van der Waals surface area (Å²) < 4.78 is 32.2. The number of benzene rings is 1. The van der Waals surface area contributed by atoms with Crippen molar-refractivity contribution in [3.8, 4) is 0 Å². The molecule has 1 heterocycles. The third-order valence-corrected chi connectivity index (χ3v) is 4.29. The summed E-state index contributed by atoms with van der Waals surface area (Å²) in [5.41, 5.74) is 5.45. The van der Waals surface area contributed by atoms with Crippen molar-refractivity contribution in [2.24, 2.45) is 5.73 Å². The Labute approximate surface area is 106 Å². The maximum Gasteiger partial charge on any atom is 0.313 e. The molecule has 18 heavy (non-hydrogen) atoms. The minimum atomic E-state index is -4.52. The van der Waals surface area contributed by atoms with Crippen LogP contribution in [0.15, 0.2) is 24.3 Å². The highest BCUT2D eigenvalue weighted by molar-refractivity contribution is 7.86. The Morgan fingerprint density at radius 3 is 2.67 bits per heavy atom. The molecule has 0 spiro atoms. The van der Waals surface area contributed by atoms with E-state index in [9.17, 15) is 13.2 Å². The van der Waals surface area contributed by atoms with Gasteiger partial charge in [0.15, 0.2) is 0 Å². The van der Waals surface area contributed by atoms with E-state index in [-0.39, 0.29) is 5.01 Å². The number of hydrogen-bond donors (Lipinski definition) is 3. The average Bonchev–Trinajstić information content (AvgIpc) is 2.67. The Morgan fingerprint density at radius 1 is 1.44 bits per heavy atom. The number of nitrogens with two attached hydrogens (primary N) is 1. The number of carbonyl (C=O) groups excluding carboxylic acids is 1. The fraction of sp³-hybridized carbons (Fsp3) is 0.111. The fourth-order valence-electron chi connectivity index (χ4n) is 1.39. The highest BCUT2D eigenvalue weighted by Crippen LogP contribution is 2.28. The molecule has 1 atom stereocenters. The van der Waals surface area contributed by atoms with Gasteiger partial charge in [0.1, 0.15) is 5.01 Å². The molecule has 0 radical (unpaired) electrons. The predicted octanol–water partition coefficient (Wildman–Crippen LogP) is 0.851. The molecule has 0 aliphatic rings. The van der Waals surface area contributed by atoms with Crippen LogP contribution < -0.4 is 11.1 Å². The smallest absolute Gasteiger partial charge is 0.313 e. The van der Waals surface area contributed by atoms with Gasteiger partial charge in [-0.25, -0.2) is 9.78 Å². The van der Waals surface area contributed by atoms with E-state index in [1.807, 2.05) is 5.32 Å². The number of primary amides is 1. The normalized spacial score (nSPS) is 13.4. The van der Waals surface area contributed by atoms with E-state index >= 15 is 0 Å². The molecule has 7 nitrogen and oxygen atoms in total. The molecule has 4 N–H and O–H groups in total. The van der Waals surface area contributed by atoms with Gasteiger partial charge in [-0.1, -0.05) is 12.1 Å². The lowest BCUT2D eigenvalue weighted by molar-refractivity contribution is 0.247. The fourth-order valence-corrected chi connectivity index (χ4v) is 3.38. The van der Waals surface area contributed by atoms with Crippen molar-refractivity contribution in [1.29, 1.82) is 0 Å². The quantitative estimate of drug-likeness (QED) is 0.722. The molecular weight excluding hydrogens is 278 g/mol. The monoisotopic (exact) mass is 287 g/mol. The molecule has 0 bridgehead atoms. The maximum absolute atomic E-state index is 11.2. The first-order valence-electron chi connectivity index (χ1n) is 4.75. The number of para-hydroxylation sites is 1. The van der Waals surface area contributed by atoms with E-state index in [1.165, 1.54) is 0 Å². The molecule has 96 valence electrons. The van der Waals surface area contributed by atoms with Gasteiger partial charge in [-0.15, -0.1) is 11.3 Å². The van der Waals surface area contributed by atoms with Crippen LogP contribution >= 0.6 is 11.3 Å². The Hall–Kier alpha value is -1.71. The van der Waals surface area contributed by atoms with Gasteiger partial charge in [-0.05, 0) is 12.1 Å². The van der Waals surface area contributed by atoms with Gasteiger partial charge in [0, 0.05) is 0 Å². The van der Waals surface area contributed by atoms with Crippen molar-refractivity contribution in [3.63, 3.8) is 0 Å². The summed E-state index contributed by atoms with van der Waals surface area (Å²) in [4.78, 5) is 14.8. The van der Waals surface area contributed by atoms with Gasteiger partial charge in [-0.2, -0.15) is 8.42 Å². The minimum absolute atomic E-state index is 0.0532. The highest BCUT2D eigenvalue weighted by Gasteiger charge is 2.29. The summed E-state index contributed by atoms with van der Waals surface area (Å²) in [5, 5.41) is 0.353. The molecule has 0 aliphatic carbocycles. The van der Waals surface area contributed by atoms with Crippen LogP contribution in [0.4, 0.5) is 4.79 Å². The van der Waals surface area contributed by atoms with Crippen molar-refractivity contribution in [2.75, 3.05) is 0 Å². The van der Waals surface area contributed by atoms with Crippen LogP contribution in [-0.4, -0.2) is 24.0 Å². The van der Waals surface area contributed by atoms with Gasteiger partial charge in [-0.3, -0.25) is 4.55 Å². The van der Waals surface area contributed by atoms with Crippen molar-refractivity contribution in [1.82, 2.24) is 10.3 Å². The number of fused-ring (bicyclic) bond motifs is 1. The minimum Gasteiger partial charge on any atom is -0.352 e. The molecule has 2 rings (SSSR count). The summed E-state index contributed by atoms with van der Waals surface area (Å²) in [6.07, 6.45) is 0. The van der Waals surface area contributed by atoms with Crippen LogP contribution in [-0.2, 0) is 10.1 Å². The zero-order valence-corrected chi connectivity index (χ0v) is 10.5. The number of rotatable bonds is 3. The lowest BCUT2D eigenvalue weighted by Crippen LogP contribution is -2.37. The summed E-state index contributed by atoms with van der Waals surface area (Å²) in [7, 11) is -4.52. The molecule has 1 aromatic heterocycles. The SMILES string of the molecule is NC(=O)NC(c1nc2ccccc2s1)S(=O)(=O)O. The number of thiazole rings is 1. The second-order valence-corrected chi connectivity index (χ2v) is 5.99. The van der Waals surface area contributed by atoms with E-state index in [2.05, 4.69) is 4.98 Å². The van der Waals surface area contributed by atoms with E-state index in [0.717, 1.165) is 16.0 Å². The first-order chi connectivity index (χ1) is 8.38. The first-order valence-corrected chi connectivity index (χ1v) is 7.07. The molecule has 0 saturated heterocycles. The molecule has 2 aromatic rings. The zero-order valence-electron chi connectivity index (χ0n) is 8.90. The summed E-state index contributed by atoms with van der Waals surface area (Å²) >= 11 is 1.05. The number of carbonyl (C=O) groups is 1. The average molecular weight is 287 g/mol. The molecule has 0 fully saturated rings. The molecular formula is C9H9N3O4S2. The van der Waals surface area contributed by atoms with Crippen molar-refractivity contribution < 1.29 is 17.8 Å². The van der Waals surface area contributed by atoms with Crippen LogP contribution in [0.25, 0.3) is 10.2 Å². The number of nitrogens with zero attached hydrogens (tertiary/aromatic N) is 1. The van der Waals surface area contributed by atoms with Crippen LogP contribution in [0.3, 0.4) is 0 Å². The third-order valence-electron chi connectivity index (χ3n) is 2.11. The number of urea groups is 1. The maximum atomic E-state index is 11.2. The summed E-state index contributed by atoms with van der Waals surface area (Å²) in [5.74, 6) is 0. The van der Waals surface area contributed by atoms with Gasteiger partial charge >= 0.3 is 6.03 Å². The number of aromatic nitrogens is 1. The largest absolute Gasteiger partial charge is 0.352 e. The van der Waals surface area contributed by atoms with Crippen molar-refractivity contribution in [3.05, 3.63) is 29.3 Å². The Balaban J connectivity index is 2.51. The van der Waals surface area contributed by atoms with Gasteiger partial charge < -0.3 is 11.1 Å². The lowest BCUT2D eigenvalue weighted by Gasteiger charge is -2.10. The van der Waals surface area contributed by atoms with E-state index in [4.69, 9.17) is 10.3 Å². The van der Waals surface area contributed by atoms with Gasteiger partial charge in [0.25, 0.3) is 10.1 Å². The summed E-state index contributed by atoms with van der Waals surface area (Å²) in [6, 6.07) is 5.91.